The first-order valence-corrected chi connectivity index (χ1v) is 31.3. The van der Waals surface area contributed by atoms with E-state index in [0.29, 0.717) is 17.4 Å². The minimum absolute atomic E-state index is 0.0373. The first kappa shape index (κ1) is 67.0. The maximum Gasteiger partial charge on any atom is 0.472 e. The average Bonchev–Trinajstić information content (AvgIpc) is 3.30. The van der Waals surface area contributed by atoms with Gasteiger partial charge in [-0.2, -0.15) is 0 Å². The van der Waals surface area contributed by atoms with Crippen molar-refractivity contribution in [2.75, 3.05) is 47.5 Å². The van der Waals surface area contributed by atoms with Crippen molar-refractivity contribution in [3.05, 3.63) is 0 Å². The zero-order valence-electron chi connectivity index (χ0n) is 46.1. The van der Waals surface area contributed by atoms with Crippen molar-refractivity contribution in [1.29, 1.82) is 0 Å². The third-order valence-corrected chi connectivity index (χ3v) is 14.6. The lowest BCUT2D eigenvalue weighted by Crippen LogP contribution is -2.37. The fourth-order valence-electron chi connectivity index (χ4n) is 9.02. The quantitative estimate of drug-likeness (QED) is 0.0278. The van der Waals surface area contributed by atoms with Crippen molar-refractivity contribution in [2.45, 2.75) is 315 Å². The standard InChI is InChI=1S/C58H116NO8P/c1-6-8-10-12-14-16-18-20-22-23-24-25-26-27-28-29-30-31-32-33-34-35-36-37-39-41-43-45-47-49-51-58(61)67-56(55-66-68(62,63)65-53-52-59(3,4)5)54-64-57(60)50-48-46-44-42-40-38-21-19-17-15-13-11-9-7-2/h56H,6-55H2,1-5H3/p+1. The van der Waals surface area contributed by atoms with E-state index in [1.807, 2.05) is 21.1 Å². The monoisotopic (exact) mass is 987 g/mol. The Kier molecular flexibility index (Phi) is 50.2. The van der Waals surface area contributed by atoms with Crippen LogP contribution in [0.1, 0.15) is 309 Å². The van der Waals surface area contributed by atoms with Gasteiger partial charge in [-0.25, -0.2) is 4.57 Å². The van der Waals surface area contributed by atoms with Crippen LogP contribution in [0.2, 0.25) is 0 Å². The number of carbonyl (C=O) groups is 2. The van der Waals surface area contributed by atoms with Crippen molar-refractivity contribution in [3.8, 4) is 0 Å². The smallest absolute Gasteiger partial charge is 0.462 e. The highest BCUT2D eigenvalue weighted by atomic mass is 31.2. The average molecular weight is 988 g/mol. The number of phosphoric ester groups is 1. The first-order valence-electron chi connectivity index (χ1n) is 29.8. The molecule has 10 heteroatoms. The molecule has 0 bridgehead atoms. The fraction of sp³-hybridized carbons (Fsp3) is 0.966. The molecule has 68 heavy (non-hydrogen) atoms. The minimum Gasteiger partial charge on any atom is -0.462 e. The molecule has 0 aromatic rings. The zero-order chi connectivity index (χ0) is 49.9. The summed E-state index contributed by atoms with van der Waals surface area (Å²) < 4.78 is 34.5. The van der Waals surface area contributed by atoms with Crippen molar-refractivity contribution in [3.63, 3.8) is 0 Å². The second-order valence-electron chi connectivity index (χ2n) is 21.8. The minimum atomic E-state index is -4.37. The topological polar surface area (TPSA) is 108 Å². The molecule has 0 fully saturated rings. The Labute approximate surface area is 423 Å². The molecule has 0 radical (unpaired) electrons. The normalized spacial score (nSPS) is 13.2. The van der Waals surface area contributed by atoms with E-state index in [0.717, 1.165) is 38.5 Å². The molecular formula is C58H117NO8P+. The zero-order valence-corrected chi connectivity index (χ0v) is 47.0. The van der Waals surface area contributed by atoms with Crippen molar-refractivity contribution < 1.29 is 42.1 Å². The third kappa shape index (κ3) is 54.3. The largest absolute Gasteiger partial charge is 0.472 e. The van der Waals surface area contributed by atoms with Gasteiger partial charge in [-0.05, 0) is 12.8 Å². The van der Waals surface area contributed by atoms with Gasteiger partial charge >= 0.3 is 19.8 Å². The van der Waals surface area contributed by atoms with Crippen molar-refractivity contribution in [2.24, 2.45) is 0 Å². The number of rotatable bonds is 56. The number of likely N-dealkylation sites (N-methyl/N-ethyl adjacent to an activating group) is 1. The van der Waals surface area contributed by atoms with E-state index in [1.54, 1.807) is 0 Å². The predicted octanol–water partition coefficient (Wildman–Crippen LogP) is 18.3. The van der Waals surface area contributed by atoms with Gasteiger partial charge in [0.1, 0.15) is 19.8 Å². The summed E-state index contributed by atoms with van der Waals surface area (Å²) in [6, 6.07) is 0. The number of unbranched alkanes of at least 4 members (excludes halogenated alkanes) is 42. The molecule has 0 aromatic carbocycles. The molecular weight excluding hydrogens is 870 g/mol. The van der Waals surface area contributed by atoms with Gasteiger partial charge in [0, 0.05) is 12.8 Å². The van der Waals surface area contributed by atoms with Crippen LogP contribution in [0.5, 0.6) is 0 Å². The lowest BCUT2D eigenvalue weighted by atomic mass is 10.0. The van der Waals surface area contributed by atoms with Gasteiger partial charge in [0.15, 0.2) is 6.10 Å². The van der Waals surface area contributed by atoms with E-state index < -0.39 is 26.5 Å². The first-order chi connectivity index (χ1) is 33.0. The summed E-state index contributed by atoms with van der Waals surface area (Å²) in [7, 11) is 1.50. The van der Waals surface area contributed by atoms with E-state index in [9.17, 15) is 19.0 Å². The molecule has 1 N–H and O–H groups in total. The van der Waals surface area contributed by atoms with Gasteiger partial charge in [0.2, 0.25) is 0 Å². The molecule has 9 nitrogen and oxygen atoms in total. The molecule has 0 saturated heterocycles. The summed E-state index contributed by atoms with van der Waals surface area (Å²) >= 11 is 0. The molecule has 2 unspecified atom stereocenters. The Morgan fingerprint density at radius 3 is 0.941 bits per heavy atom. The van der Waals surface area contributed by atoms with Gasteiger partial charge in [-0.1, -0.05) is 284 Å². The summed E-state index contributed by atoms with van der Waals surface area (Å²) in [6.07, 6.45) is 57.6. The Balaban J connectivity index is 3.99. The maximum absolute atomic E-state index is 12.8. The van der Waals surface area contributed by atoms with Crippen LogP contribution >= 0.6 is 7.82 Å². The summed E-state index contributed by atoms with van der Waals surface area (Å²) in [5.74, 6) is -0.775. The second-order valence-corrected chi connectivity index (χ2v) is 23.2. The Morgan fingerprint density at radius 1 is 0.397 bits per heavy atom. The van der Waals surface area contributed by atoms with Crippen molar-refractivity contribution >= 4 is 19.8 Å². The molecule has 2 atom stereocenters. The van der Waals surface area contributed by atoms with E-state index in [-0.39, 0.29) is 25.6 Å². The Bertz CT molecular complexity index is 1120. The Morgan fingerprint density at radius 2 is 0.662 bits per heavy atom. The molecule has 0 spiro atoms. The number of esters is 2. The second kappa shape index (κ2) is 50.9. The highest BCUT2D eigenvalue weighted by Gasteiger charge is 2.27. The summed E-state index contributed by atoms with van der Waals surface area (Å²) in [6.45, 7) is 4.50. The number of carbonyl (C=O) groups excluding carboxylic acids is 2. The lowest BCUT2D eigenvalue weighted by Gasteiger charge is -2.24. The maximum atomic E-state index is 12.8. The molecule has 0 aliphatic carbocycles. The van der Waals surface area contributed by atoms with Crippen LogP contribution in [0, 0.1) is 0 Å². The molecule has 0 aliphatic heterocycles. The highest BCUT2D eigenvalue weighted by Crippen LogP contribution is 2.43. The van der Waals surface area contributed by atoms with E-state index in [1.165, 1.54) is 244 Å². The third-order valence-electron chi connectivity index (χ3n) is 13.6. The summed E-state index contributed by atoms with van der Waals surface area (Å²) in [4.78, 5) is 35.6. The van der Waals surface area contributed by atoms with Crippen molar-refractivity contribution in [1.82, 2.24) is 0 Å². The number of ether oxygens (including phenoxy) is 2. The van der Waals surface area contributed by atoms with Crippen LogP contribution in [0.25, 0.3) is 0 Å². The molecule has 0 amide bonds. The van der Waals surface area contributed by atoms with Gasteiger partial charge in [0.05, 0.1) is 27.7 Å². The van der Waals surface area contributed by atoms with Gasteiger partial charge in [-0.15, -0.1) is 0 Å². The Hall–Kier alpha value is -0.990. The van der Waals surface area contributed by atoms with Crippen LogP contribution in [-0.4, -0.2) is 74.9 Å². The van der Waals surface area contributed by atoms with Crippen LogP contribution in [-0.2, 0) is 32.7 Å². The highest BCUT2D eigenvalue weighted by molar-refractivity contribution is 7.47. The number of hydrogen-bond acceptors (Lipinski definition) is 7. The van der Waals surface area contributed by atoms with Crippen LogP contribution in [0.3, 0.4) is 0 Å². The predicted molar refractivity (Wildman–Crippen MR) is 289 cm³/mol. The van der Waals surface area contributed by atoms with Gasteiger partial charge in [0.25, 0.3) is 0 Å². The van der Waals surface area contributed by atoms with E-state index in [4.69, 9.17) is 18.5 Å². The van der Waals surface area contributed by atoms with E-state index in [2.05, 4.69) is 13.8 Å². The lowest BCUT2D eigenvalue weighted by molar-refractivity contribution is -0.870. The molecule has 0 rings (SSSR count). The number of nitrogens with zero attached hydrogens (tertiary/aromatic N) is 1. The molecule has 406 valence electrons. The van der Waals surface area contributed by atoms with Gasteiger partial charge in [-0.3, -0.25) is 18.6 Å². The SMILES string of the molecule is CCCCCCCCCCCCCCCCCCCCCCCCCCCCCCCCC(=O)OC(COC(=O)CCCCCCCCCCCCCCCC)COP(=O)(O)OCC[N+](C)(C)C. The van der Waals surface area contributed by atoms with Crippen LogP contribution in [0.4, 0.5) is 0 Å². The summed E-state index contributed by atoms with van der Waals surface area (Å²) in [5.41, 5.74) is 0. The molecule has 0 aliphatic rings. The number of hydrogen-bond donors (Lipinski definition) is 1. The molecule has 0 aromatic heterocycles. The van der Waals surface area contributed by atoms with Gasteiger partial charge < -0.3 is 18.9 Å². The van der Waals surface area contributed by atoms with E-state index >= 15 is 0 Å². The van der Waals surface area contributed by atoms with Crippen LogP contribution < -0.4 is 0 Å². The molecule has 0 heterocycles. The molecule has 0 saturated carbocycles. The number of quaternary nitrogens is 1. The van der Waals surface area contributed by atoms with Crippen LogP contribution in [0.15, 0.2) is 0 Å². The summed E-state index contributed by atoms with van der Waals surface area (Å²) in [5, 5.41) is 0. The number of phosphoric acid groups is 1. The fourth-order valence-corrected chi connectivity index (χ4v) is 9.76.